The quantitative estimate of drug-likeness (QED) is 0.237. The first-order chi connectivity index (χ1) is 14.2. The van der Waals surface area contributed by atoms with E-state index < -0.39 is 0 Å². The maximum atomic E-state index is 5.92. The van der Waals surface area contributed by atoms with Crippen LogP contribution in [0, 0.1) is 6.92 Å². The minimum atomic E-state index is 0. The summed E-state index contributed by atoms with van der Waals surface area (Å²) in [7, 11) is 1.63. The highest BCUT2D eigenvalue weighted by molar-refractivity contribution is 14.0. The molecule has 1 aromatic heterocycles. The van der Waals surface area contributed by atoms with Crippen LogP contribution in [0.4, 0.5) is 0 Å². The fourth-order valence-corrected chi connectivity index (χ4v) is 3.37. The van der Waals surface area contributed by atoms with E-state index in [4.69, 9.17) is 9.47 Å². The second kappa shape index (κ2) is 12.4. The Morgan fingerprint density at radius 1 is 1.07 bits per heavy atom. The van der Waals surface area contributed by atoms with Gasteiger partial charge in [-0.2, -0.15) is 0 Å². The van der Waals surface area contributed by atoms with Crippen molar-refractivity contribution in [3.05, 3.63) is 70.2 Å². The molecule has 3 rings (SSSR count). The highest BCUT2D eigenvalue weighted by atomic mass is 127. The van der Waals surface area contributed by atoms with E-state index in [1.165, 1.54) is 4.88 Å². The Morgan fingerprint density at radius 2 is 1.80 bits per heavy atom. The van der Waals surface area contributed by atoms with Gasteiger partial charge in [0.2, 0.25) is 0 Å². The minimum Gasteiger partial charge on any atom is -0.493 e. The number of para-hydroxylation sites is 2. The van der Waals surface area contributed by atoms with Crippen molar-refractivity contribution in [2.24, 2.45) is 4.99 Å². The zero-order valence-corrected chi connectivity index (χ0v) is 20.5. The first-order valence-electron chi connectivity index (χ1n) is 9.51. The fourth-order valence-electron chi connectivity index (χ4n) is 2.65. The van der Waals surface area contributed by atoms with Crippen molar-refractivity contribution >= 4 is 41.3 Å². The summed E-state index contributed by atoms with van der Waals surface area (Å²) in [6.45, 7) is 6.14. The maximum Gasteiger partial charge on any atom is 0.191 e. The number of aryl methyl sites for hydroxylation is 1. The standard InChI is InChI=1S/C22H26N4O2S.HI/c1-4-23-22(26-15-21-24-13-16(2)29-21)25-14-17-9-11-18(12-10-17)28-20-8-6-5-7-19(20)27-3;/h5-13H,4,14-15H2,1-3H3,(H2,23,25,26);1H. The molecule has 0 radical (unpaired) electrons. The molecule has 0 bridgehead atoms. The summed E-state index contributed by atoms with van der Waals surface area (Å²) in [6, 6.07) is 15.5. The third kappa shape index (κ3) is 7.17. The van der Waals surface area contributed by atoms with Crippen molar-refractivity contribution in [3.63, 3.8) is 0 Å². The Hall–Kier alpha value is -2.33. The number of benzene rings is 2. The smallest absolute Gasteiger partial charge is 0.191 e. The molecule has 0 atom stereocenters. The highest BCUT2D eigenvalue weighted by Gasteiger charge is 2.05. The van der Waals surface area contributed by atoms with Gasteiger partial charge in [-0.15, -0.1) is 35.3 Å². The van der Waals surface area contributed by atoms with Crippen LogP contribution in [0.15, 0.2) is 59.7 Å². The number of halogens is 1. The van der Waals surface area contributed by atoms with E-state index in [0.29, 0.717) is 24.6 Å². The number of guanidine groups is 1. The number of nitrogens with zero attached hydrogens (tertiary/aromatic N) is 2. The lowest BCUT2D eigenvalue weighted by Crippen LogP contribution is -2.36. The van der Waals surface area contributed by atoms with Gasteiger partial charge in [-0.3, -0.25) is 0 Å². The summed E-state index contributed by atoms with van der Waals surface area (Å²) in [4.78, 5) is 10.2. The normalized spacial score (nSPS) is 10.8. The van der Waals surface area contributed by atoms with Crippen molar-refractivity contribution in [2.45, 2.75) is 26.9 Å². The van der Waals surface area contributed by atoms with Gasteiger partial charge >= 0.3 is 0 Å². The van der Waals surface area contributed by atoms with E-state index in [-0.39, 0.29) is 24.0 Å². The van der Waals surface area contributed by atoms with Crippen LogP contribution in [0.5, 0.6) is 17.2 Å². The molecule has 0 aliphatic rings. The molecule has 160 valence electrons. The molecule has 6 nitrogen and oxygen atoms in total. The summed E-state index contributed by atoms with van der Waals surface area (Å²) in [5.74, 6) is 2.93. The Balaban J connectivity index is 0.00000320. The number of methoxy groups -OCH3 is 1. The Morgan fingerprint density at radius 3 is 2.43 bits per heavy atom. The van der Waals surface area contributed by atoms with Gasteiger partial charge < -0.3 is 20.1 Å². The summed E-state index contributed by atoms with van der Waals surface area (Å²) in [5, 5.41) is 7.64. The van der Waals surface area contributed by atoms with E-state index in [1.807, 2.05) is 54.7 Å². The number of thiazole rings is 1. The lowest BCUT2D eigenvalue weighted by atomic mass is 10.2. The summed E-state index contributed by atoms with van der Waals surface area (Å²) < 4.78 is 11.2. The molecular formula is C22H27IN4O2S. The average Bonchev–Trinajstić information content (AvgIpc) is 3.16. The number of aromatic nitrogens is 1. The second-order valence-electron chi connectivity index (χ2n) is 6.31. The molecule has 0 aliphatic carbocycles. The van der Waals surface area contributed by atoms with E-state index in [1.54, 1.807) is 18.4 Å². The fraction of sp³-hybridized carbons (Fsp3) is 0.273. The van der Waals surface area contributed by atoms with Crippen molar-refractivity contribution in [3.8, 4) is 17.2 Å². The van der Waals surface area contributed by atoms with Gasteiger partial charge in [-0.05, 0) is 43.7 Å². The lowest BCUT2D eigenvalue weighted by molar-refractivity contribution is 0.379. The van der Waals surface area contributed by atoms with Gasteiger partial charge in [0.05, 0.1) is 20.2 Å². The zero-order chi connectivity index (χ0) is 20.5. The number of hydrogen-bond acceptors (Lipinski definition) is 5. The van der Waals surface area contributed by atoms with Gasteiger partial charge in [0.1, 0.15) is 10.8 Å². The van der Waals surface area contributed by atoms with Crippen LogP contribution in [-0.4, -0.2) is 24.6 Å². The average molecular weight is 538 g/mol. The van der Waals surface area contributed by atoms with E-state index in [0.717, 1.165) is 28.8 Å². The Kier molecular flexibility index (Phi) is 9.88. The molecule has 0 aliphatic heterocycles. The summed E-state index contributed by atoms with van der Waals surface area (Å²) in [5.41, 5.74) is 1.10. The minimum absolute atomic E-state index is 0. The third-order valence-electron chi connectivity index (χ3n) is 4.06. The van der Waals surface area contributed by atoms with Gasteiger partial charge in [-0.1, -0.05) is 24.3 Å². The van der Waals surface area contributed by atoms with Crippen LogP contribution >= 0.6 is 35.3 Å². The van der Waals surface area contributed by atoms with Gasteiger partial charge in [0.25, 0.3) is 0 Å². The SMILES string of the molecule is CCNC(=NCc1ccc(Oc2ccccc2OC)cc1)NCc1ncc(C)s1.I. The van der Waals surface area contributed by atoms with E-state index >= 15 is 0 Å². The molecule has 1 heterocycles. The van der Waals surface area contributed by atoms with Crippen LogP contribution in [0.1, 0.15) is 22.4 Å². The highest BCUT2D eigenvalue weighted by Crippen LogP contribution is 2.30. The van der Waals surface area contributed by atoms with E-state index in [2.05, 4.69) is 34.5 Å². The molecule has 0 unspecified atom stereocenters. The van der Waals surface area contributed by atoms with Gasteiger partial charge in [0, 0.05) is 17.6 Å². The molecule has 2 N–H and O–H groups in total. The van der Waals surface area contributed by atoms with Crippen LogP contribution in [0.3, 0.4) is 0 Å². The van der Waals surface area contributed by atoms with Gasteiger partial charge in [0.15, 0.2) is 17.5 Å². The number of nitrogens with one attached hydrogen (secondary N) is 2. The molecule has 0 spiro atoms. The van der Waals surface area contributed by atoms with Crippen molar-refractivity contribution in [1.82, 2.24) is 15.6 Å². The van der Waals surface area contributed by atoms with Crippen LogP contribution in [-0.2, 0) is 13.1 Å². The third-order valence-corrected chi connectivity index (χ3v) is 4.97. The topological polar surface area (TPSA) is 67.8 Å². The van der Waals surface area contributed by atoms with Crippen LogP contribution in [0.25, 0.3) is 0 Å². The maximum absolute atomic E-state index is 5.92. The molecule has 0 amide bonds. The first-order valence-corrected chi connectivity index (χ1v) is 10.3. The monoisotopic (exact) mass is 538 g/mol. The number of rotatable bonds is 8. The van der Waals surface area contributed by atoms with Crippen molar-refractivity contribution < 1.29 is 9.47 Å². The van der Waals surface area contributed by atoms with Crippen molar-refractivity contribution in [2.75, 3.05) is 13.7 Å². The number of hydrogen-bond donors (Lipinski definition) is 2. The first kappa shape index (κ1) is 23.9. The molecule has 30 heavy (non-hydrogen) atoms. The Bertz CT molecular complexity index is 944. The molecule has 0 saturated carbocycles. The molecule has 3 aromatic rings. The summed E-state index contributed by atoms with van der Waals surface area (Å²) in [6.07, 6.45) is 1.89. The Labute approximate surface area is 198 Å². The summed E-state index contributed by atoms with van der Waals surface area (Å²) >= 11 is 1.69. The molecule has 2 aromatic carbocycles. The molecule has 8 heteroatoms. The predicted octanol–water partition coefficient (Wildman–Crippen LogP) is 5.13. The largest absolute Gasteiger partial charge is 0.493 e. The number of ether oxygens (including phenoxy) is 2. The zero-order valence-electron chi connectivity index (χ0n) is 17.3. The molecular weight excluding hydrogens is 511 g/mol. The number of aliphatic imine (C=N–C) groups is 1. The van der Waals surface area contributed by atoms with Crippen molar-refractivity contribution in [1.29, 1.82) is 0 Å². The molecule has 0 fully saturated rings. The van der Waals surface area contributed by atoms with Crippen LogP contribution in [0.2, 0.25) is 0 Å². The van der Waals surface area contributed by atoms with E-state index in [9.17, 15) is 0 Å². The predicted molar refractivity (Wildman–Crippen MR) is 133 cm³/mol. The lowest BCUT2D eigenvalue weighted by Gasteiger charge is -2.11. The molecule has 0 saturated heterocycles. The van der Waals surface area contributed by atoms with Gasteiger partial charge in [-0.25, -0.2) is 9.98 Å². The van der Waals surface area contributed by atoms with Crippen LogP contribution < -0.4 is 20.1 Å². The second-order valence-corrected chi connectivity index (χ2v) is 7.63.